The number of nitrogens with one attached hydrogen (secondary N) is 2. The van der Waals surface area contributed by atoms with Crippen LogP contribution in [0, 0.1) is 0 Å². The fourth-order valence-corrected chi connectivity index (χ4v) is 1.79. The van der Waals surface area contributed by atoms with Crippen LogP contribution in [-0.4, -0.2) is 56.6 Å². The Morgan fingerprint density at radius 3 is 2.50 bits per heavy atom. The van der Waals surface area contributed by atoms with Crippen LogP contribution >= 0.6 is 0 Å². The molecule has 1 rings (SSSR count). The summed E-state index contributed by atoms with van der Waals surface area (Å²) in [7, 11) is 1.92. The van der Waals surface area contributed by atoms with Crippen LogP contribution < -0.4 is 15.4 Å². The third-order valence-corrected chi connectivity index (χ3v) is 2.88. The van der Waals surface area contributed by atoms with Crippen molar-refractivity contribution in [1.82, 2.24) is 15.5 Å². The predicted molar refractivity (Wildman–Crippen MR) is 89.2 cm³/mol. The Morgan fingerprint density at radius 1 is 1.18 bits per heavy atom. The number of carbonyl (C=O) groups is 1. The first-order valence-electron chi connectivity index (χ1n) is 7.61. The predicted octanol–water partition coefficient (Wildman–Crippen LogP) is 1.10. The number of amides is 1. The van der Waals surface area contributed by atoms with E-state index in [9.17, 15) is 4.79 Å². The van der Waals surface area contributed by atoms with E-state index in [1.807, 2.05) is 56.1 Å². The molecule has 0 unspecified atom stereocenters. The van der Waals surface area contributed by atoms with Gasteiger partial charge in [-0.2, -0.15) is 0 Å². The number of carbonyl (C=O) groups excluding carboxylic acids is 1. The topological polar surface area (TPSA) is 66.0 Å². The van der Waals surface area contributed by atoms with Crippen LogP contribution in [0.2, 0.25) is 0 Å². The van der Waals surface area contributed by atoms with E-state index in [4.69, 9.17) is 4.74 Å². The van der Waals surface area contributed by atoms with Gasteiger partial charge >= 0.3 is 0 Å². The summed E-state index contributed by atoms with van der Waals surface area (Å²) in [5, 5.41) is 5.90. The lowest BCUT2D eigenvalue weighted by Gasteiger charge is -2.22. The van der Waals surface area contributed by atoms with Gasteiger partial charge in [0.2, 0.25) is 5.91 Å². The number of ether oxygens (including phenoxy) is 1. The molecular weight excluding hydrogens is 280 g/mol. The Hall–Kier alpha value is -2.24. The molecule has 0 radical (unpaired) electrons. The molecule has 0 saturated heterocycles. The van der Waals surface area contributed by atoms with Gasteiger partial charge in [0.05, 0.1) is 6.54 Å². The molecule has 1 amide bonds. The average molecular weight is 306 g/mol. The van der Waals surface area contributed by atoms with E-state index in [2.05, 4.69) is 15.6 Å². The molecule has 1 aromatic rings. The van der Waals surface area contributed by atoms with Gasteiger partial charge < -0.3 is 20.3 Å². The Labute approximate surface area is 132 Å². The van der Waals surface area contributed by atoms with Crippen LogP contribution in [0.15, 0.2) is 35.3 Å². The zero-order chi connectivity index (χ0) is 16.2. The lowest BCUT2D eigenvalue weighted by Crippen LogP contribution is -2.41. The minimum absolute atomic E-state index is 0.0770. The van der Waals surface area contributed by atoms with Crippen molar-refractivity contribution in [2.45, 2.75) is 13.8 Å². The summed E-state index contributed by atoms with van der Waals surface area (Å²) < 4.78 is 5.67. The molecule has 1 aromatic carbocycles. The third kappa shape index (κ3) is 6.97. The van der Waals surface area contributed by atoms with Crippen LogP contribution in [0.3, 0.4) is 0 Å². The largest absolute Gasteiger partial charge is 0.492 e. The second-order valence-electron chi connectivity index (χ2n) is 4.71. The van der Waals surface area contributed by atoms with Gasteiger partial charge in [-0.05, 0) is 26.0 Å². The molecule has 0 aromatic heterocycles. The second kappa shape index (κ2) is 10.5. The van der Waals surface area contributed by atoms with Gasteiger partial charge in [-0.1, -0.05) is 18.2 Å². The number of guanidine groups is 1. The molecule has 0 heterocycles. The summed E-state index contributed by atoms with van der Waals surface area (Å²) in [5.74, 6) is 1.47. The molecule has 0 aliphatic heterocycles. The van der Waals surface area contributed by atoms with E-state index in [-0.39, 0.29) is 12.5 Å². The van der Waals surface area contributed by atoms with Gasteiger partial charge in [-0.3, -0.25) is 4.79 Å². The minimum Gasteiger partial charge on any atom is -0.492 e. The Bertz CT molecular complexity index is 462. The quantitative estimate of drug-likeness (QED) is 0.557. The Balaban J connectivity index is 2.44. The zero-order valence-electron chi connectivity index (χ0n) is 13.6. The number of nitrogens with zero attached hydrogens (tertiary/aromatic N) is 2. The summed E-state index contributed by atoms with van der Waals surface area (Å²) in [6.07, 6.45) is 0. The summed E-state index contributed by atoms with van der Waals surface area (Å²) >= 11 is 0. The minimum atomic E-state index is -0.0770. The number of likely N-dealkylation sites (N-methyl/N-ethyl adjacent to an activating group) is 2. The van der Waals surface area contributed by atoms with Crippen molar-refractivity contribution in [3.8, 4) is 5.75 Å². The number of benzene rings is 1. The van der Waals surface area contributed by atoms with Crippen molar-refractivity contribution in [3.05, 3.63) is 30.3 Å². The van der Waals surface area contributed by atoms with Crippen LogP contribution in [0.25, 0.3) is 0 Å². The highest BCUT2D eigenvalue weighted by Crippen LogP contribution is 2.07. The first kappa shape index (κ1) is 17.8. The summed E-state index contributed by atoms with van der Waals surface area (Å²) in [5.41, 5.74) is 0. The van der Waals surface area contributed by atoms with Crippen molar-refractivity contribution in [2.24, 2.45) is 4.99 Å². The molecule has 0 bridgehead atoms. The van der Waals surface area contributed by atoms with Crippen molar-refractivity contribution < 1.29 is 9.53 Å². The van der Waals surface area contributed by atoms with E-state index in [0.29, 0.717) is 25.7 Å². The van der Waals surface area contributed by atoms with E-state index < -0.39 is 0 Å². The maximum absolute atomic E-state index is 11.5. The molecule has 0 spiro atoms. The smallest absolute Gasteiger partial charge is 0.241 e. The highest BCUT2D eigenvalue weighted by Gasteiger charge is 2.07. The first-order chi connectivity index (χ1) is 10.7. The van der Waals surface area contributed by atoms with Crippen molar-refractivity contribution in [2.75, 3.05) is 39.8 Å². The number of hydrogen-bond acceptors (Lipinski definition) is 3. The highest BCUT2D eigenvalue weighted by molar-refractivity contribution is 5.84. The molecule has 2 N–H and O–H groups in total. The van der Waals surface area contributed by atoms with Crippen LogP contribution in [0.1, 0.15) is 13.8 Å². The first-order valence-corrected chi connectivity index (χ1v) is 7.61. The maximum atomic E-state index is 11.5. The molecule has 0 aliphatic rings. The Kier molecular flexibility index (Phi) is 8.49. The highest BCUT2D eigenvalue weighted by atomic mass is 16.5. The fourth-order valence-electron chi connectivity index (χ4n) is 1.79. The summed E-state index contributed by atoms with van der Waals surface area (Å²) in [4.78, 5) is 17.8. The number of hydrogen-bond donors (Lipinski definition) is 2. The van der Waals surface area contributed by atoms with E-state index in [0.717, 1.165) is 12.3 Å². The van der Waals surface area contributed by atoms with Crippen molar-refractivity contribution in [1.29, 1.82) is 0 Å². The van der Waals surface area contributed by atoms with Crippen LogP contribution in [0.4, 0.5) is 0 Å². The summed E-state index contributed by atoms with van der Waals surface area (Å²) in [6, 6.07) is 9.69. The van der Waals surface area contributed by atoms with Gasteiger partial charge in [-0.25, -0.2) is 4.99 Å². The van der Waals surface area contributed by atoms with E-state index in [1.165, 1.54) is 0 Å². The van der Waals surface area contributed by atoms with Crippen molar-refractivity contribution in [3.63, 3.8) is 0 Å². The molecule has 6 heteroatoms. The van der Waals surface area contributed by atoms with Gasteiger partial charge in [0.1, 0.15) is 18.9 Å². The lowest BCUT2D eigenvalue weighted by molar-refractivity contribution is -0.119. The molecule has 22 heavy (non-hydrogen) atoms. The number of para-hydroxylation sites is 1. The zero-order valence-corrected chi connectivity index (χ0v) is 13.6. The van der Waals surface area contributed by atoms with Gasteiger partial charge in [0.15, 0.2) is 5.96 Å². The molecule has 6 nitrogen and oxygen atoms in total. The van der Waals surface area contributed by atoms with Gasteiger partial charge in [0, 0.05) is 20.1 Å². The van der Waals surface area contributed by atoms with Gasteiger partial charge in [-0.15, -0.1) is 0 Å². The molecule has 0 saturated carbocycles. The SMILES string of the molecule is CCNC(=O)CN=C(NCC)N(C)CCOc1ccccc1. The molecular formula is C16H26N4O2. The maximum Gasteiger partial charge on any atom is 0.241 e. The van der Waals surface area contributed by atoms with Gasteiger partial charge in [0.25, 0.3) is 0 Å². The fraction of sp³-hybridized carbons (Fsp3) is 0.500. The molecule has 122 valence electrons. The number of aliphatic imine (C=N–C) groups is 1. The second-order valence-corrected chi connectivity index (χ2v) is 4.71. The van der Waals surface area contributed by atoms with Crippen LogP contribution in [-0.2, 0) is 4.79 Å². The van der Waals surface area contributed by atoms with Crippen LogP contribution in [0.5, 0.6) is 5.75 Å². The normalized spacial score (nSPS) is 11.0. The lowest BCUT2D eigenvalue weighted by atomic mass is 10.3. The third-order valence-electron chi connectivity index (χ3n) is 2.88. The number of rotatable bonds is 8. The molecule has 0 aliphatic carbocycles. The monoisotopic (exact) mass is 306 g/mol. The average Bonchev–Trinajstić information content (AvgIpc) is 2.52. The van der Waals surface area contributed by atoms with E-state index >= 15 is 0 Å². The molecule has 0 fully saturated rings. The van der Waals surface area contributed by atoms with Crippen molar-refractivity contribution >= 4 is 11.9 Å². The molecule has 0 atom stereocenters. The standard InChI is InChI=1S/C16H26N4O2/c1-4-17-15(21)13-19-16(18-5-2)20(3)11-12-22-14-9-7-6-8-10-14/h6-10H,4-5,11-13H2,1-3H3,(H,17,21)(H,18,19). The van der Waals surface area contributed by atoms with E-state index in [1.54, 1.807) is 0 Å². The summed E-state index contributed by atoms with van der Waals surface area (Å²) in [6.45, 7) is 6.60. The Morgan fingerprint density at radius 2 is 1.86 bits per heavy atom.